The van der Waals surface area contributed by atoms with E-state index >= 15 is 0 Å². The molecule has 98 valence electrons. The second kappa shape index (κ2) is 6.38. The second-order valence-electron chi connectivity index (χ2n) is 4.50. The molecular formula is C14H18FNO2. The summed E-state index contributed by atoms with van der Waals surface area (Å²) in [4.78, 5) is 13.6. The number of hydrogen-bond donors (Lipinski definition) is 0. The molecule has 4 heteroatoms. The van der Waals surface area contributed by atoms with Gasteiger partial charge in [-0.2, -0.15) is 0 Å². The Hall–Kier alpha value is -1.58. The Labute approximate surface area is 107 Å². The molecule has 0 atom stereocenters. The second-order valence-corrected chi connectivity index (χ2v) is 4.50. The number of ether oxygens (including phenoxy) is 1. The van der Waals surface area contributed by atoms with Gasteiger partial charge in [0.15, 0.2) is 0 Å². The molecule has 1 aromatic rings. The monoisotopic (exact) mass is 251 g/mol. The van der Waals surface area contributed by atoms with Crippen LogP contribution in [0.25, 0.3) is 0 Å². The Morgan fingerprint density at radius 2 is 1.83 bits per heavy atom. The molecule has 1 heterocycles. The summed E-state index contributed by atoms with van der Waals surface area (Å²) in [6, 6.07) is 7.01. The maximum atomic E-state index is 12.1. The highest BCUT2D eigenvalue weighted by Gasteiger charge is 2.18. The lowest BCUT2D eigenvalue weighted by atomic mass is 10.1. The molecule has 0 N–H and O–H groups in total. The Morgan fingerprint density at radius 1 is 1.17 bits per heavy atom. The fraction of sp³-hybridized carbons (Fsp3) is 0.500. The molecule has 1 aromatic carbocycles. The number of carbonyl (C=O) groups excluding carboxylic acids is 1. The van der Waals surface area contributed by atoms with Crippen LogP contribution in [0.15, 0.2) is 24.3 Å². The van der Waals surface area contributed by atoms with Crippen molar-refractivity contribution < 1.29 is 13.9 Å². The molecule has 0 radical (unpaired) electrons. The number of benzene rings is 1. The van der Waals surface area contributed by atoms with Crippen molar-refractivity contribution in [2.45, 2.75) is 25.7 Å². The topological polar surface area (TPSA) is 29.5 Å². The van der Waals surface area contributed by atoms with Gasteiger partial charge in [-0.1, -0.05) is 12.1 Å². The van der Waals surface area contributed by atoms with Crippen LogP contribution in [0.1, 0.15) is 24.8 Å². The van der Waals surface area contributed by atoms with E-state index in [1.807, 2.05) is 0 Å². The number of halogens is 1. The third-order valence-electron chi connectivity index (χ3n) is 3.13. The van der Waals surface area contributed by atoms with Crippen molar-refractivity contribution in [3.05, 3.63) is 29.8 Å². The number of likely N-dealkylation sites (tertiary alicyclic amines) is 1. The quantitative estimate of drug-likeness (QED) is 0.825. The highest BCUT2D eigenvalue weighted by Crippen LogP contribution is 2.16. The number of rotatable bonds is 3. The van der Waals surface area contributed by atoms with E-state index in [0.29, 0.717) is 12.2 Å². The largest absolute Gasteiger partial charge is 0.415 e. The summed E-state index contributed by atoms with van der Waals surface area (Å²) >= 11 is 0. The molecule has 1 aliphatic rings. The molecule has 1 saturated heterocycles. The minimum Gasteiger partial charge on any atom is -0.410 e. The number of aryl methyl sites for hydroxylation is 1. The zero-order chi connectivity index (χ0) is 12.8. The molecule has 1 fully saturated rings. The third kappa shape index (κ3) is 3.45. The first-order valence-corrected chi connectivity index (χ1v) is 6.41. The van der Waals surface area contributed by atoms with Crippen LogP contribution in [-0.4, -0.2) is 30.8 Å². The molecule has 0 aliphatic carbocycles. The molecule has 1 amide bonds. The number of carbonyl (C=O) groups is 1. The number of nitrogens with zero attached hydrogens (tertiary/aromatic N) is 1. The maximum absolute atomic E-state index is 12.1. The van der Waals surface area contributed by atoms with Crippen LogP contribution in [0, 0.1) is 0 Å². The molecule has 0 bridgehead atoms. The number of amides is 1. The van der Waals surface area contributed by atoms with Gasteiger partial charge >= 0.3 is 6.09 Å². The molecule has 2 rings (SSSR count). The van der Waals surface area contributed by atoms with Gasteiger partial charge in [-0.05, 0) is 37.0 Å². The molecule has 0 saturated carbocycles. The number of alkyl halides is 1. The lowest BCUT2D eigenvalue weighted by Crippen LogP contribution is -2.37. The van der Waals surface area contributed by atoms with Gasteiger partial charge in [0.25, 0.3) is 0 Å². The van der Waals surface area contributed by atoms with Crippen molar-refractivity contribution in [2.75, 3.05) is 19.8 Å². The van der Waals surface area contributed by atoms with Crippen molar-refractivity contribution in [2.24, 2.45) is 0 Å². The minimum atomic E-state index is -0.368. The Morgan fingerprint density at radius 3 is 2.44 bits per heavy atom. The van der Waals surface area contributed by atoms with E-state index in [1.54, 1.807) is 29.2 Å². The van der Waals surface area contributed by atoms with E-state index in [1.165, 1.54) is 6.42 Å². The predicted molar refractivity (Wildman–Crippen MR) is 67.6 cm³/mol. The summed E-state index contributed by atoms with van der Waals surface area (Å²) in [5.74, 6) is 0.521. The van der Waals surface area contributed by atoms with Crippen molar-refractivity contribution in [3.8, 4) is 5.75 Å². The van der Waals surface area contributed by atoms with E-state index in [2.05, 4.69) is 0 Å². The number of hydrogen-bond acceptors (Lipinski definition) is 2. The van der Waals surface area contributed by atoms with E-state index in [0.717, 1.165) is 31.5 Å². The first-order chi connectivity index (χ1) is 8.79. The fourth-order valence-corrected chi connectivity index (χ4v) is 2.08. The van der Waals surface area contributed by atoms with Crippen molar-refractivity contribution in [1.82, 2.24) is 4.90 Å². The van der Waals surface area contributed by atoms with Gasteiger partial charge in [0.1, 0.15) is 5.75 Å². The Kier molecular flexibility index (Phi) is 4.56. The van der Waals surface area contributed by atoms with Gasteiger partial charge < -0.3 is 9.64 Å². The average Bonchev–Trinajstić information content (AvgIpc) is 2.42. The highest BCUT2D eigenvalue weighted by atomic mass is 19.1. The van der Waals surface area contributed by atoms with Crippen LogP contribution >= 0.6 is 0 Å². The zero-order valence-corrected chi connectivity index (χ0v) is 10.4. The van der Waals surface area contributed by atoms with Crippen molar-refractivity contribution >= 4 is 6.09 Å². The summed E-state index contributed by atoms with van der Waals surface area (Å²) in [6.45, 7) is 1.18. The zero-order valence-electron chi connectivity index (χ0n) is 10.4. The van der Waals surface area contributed by atoms with Crippen LogP contribution in [-0.2, 0) is 6.42 Å². The van der Waals surface area contributed by atoms with E-state index in [-0.39, 0.29) is 12.8 Å². The Bertz CT molecular complexity index is 385. The minimum absolute atomic E-state index is 0.284. The van der Waals surface area contributed by atoms with Gasteiger partial charge in [0.2, 0.25) is 0 Å². The molecule has 1 aliphatic heterocycles. The molecule has 0 unspecified atom stereocenters. The van der Waals surface area contributed by atoms with E-state index < -0.39 is 0 Å². The molecule has 0 aromatic heterocycles. The fourth-order valence-electron chi connectivity index (χ4n) is 2.08. The first-order valence-electron chi connectivity index (χ1n) is 6.41. The molecule has 3 nitrogen and oxygen atoms in total. The summed E-state index contributed by atoms with van der Waals surface area (Å²) in [5.41, 5.74) is 0.912. The van der Waals surface area contributed by atoms with Crippen molar-refractivity contribution in [1.29, 1.82) is 0 Å². The smallest absolute Gasteiger partial charge is 0.410 e. The van der Waals surface area contributed by atoms with Crippen LogP contribution in [0.4, 0.5) is 9.18 Å². The van der Waals surface area contributed by atoms with Crippen molar-refractivity contribution in [3.63, 3.8) is 0 Å². The van der Waals surface area contributed by atoms with E-state index in [4.69, 9.17) is 4.74 Å². The van der Waals surface area contributed by atoms with Gasteiger partial charge in [0, 0.05) is 19.5 Å². The van der Waals surface area contributed by atoms with E-state index in [9.17, 15) is 9.18 Å². The van der Waals surface area contributed by atoms with Gasteiger partial charge in [-0.15, -0.1) is 0 Å². The molecule has 0 spiro atoms. The van der Waals surface area contributed by atoms with Crippen LogP contribution in [0.5, 0.6) is 5.75 Å². The summed E-state index contributed by atoms with van der Waals surface area (Å²) in [5, 5.41) is 0. The number of piperidine rings is 1. The lowest BCUT2D eigenvalue weighted by Gasteiger charge is -2.25. The molecular weight excluding hydrogens is 233 g/mol. The highest BCUT2D eigenvalue weighted by molar-refractivity contribution is 5.70. The average molecular weight is 251 g/mol. The Balaban J connectivity index is 1.89. The van der Waals surface area contributed by atoms with Gasteiger partial charge in [-0.3, -0.25) is 4.39 Å². The standard InChI is InChI=1S/C14H18FNO2/c15-9-8-12-4-6-13(7-5-12)18-14(17)16-10-2-1-3-11-16/h4-7H,1-3,8-11H2. The maximum Gasteiger partial charge on any atom is 0.415 e. The molecule has 18 heavy (non-hydrogen) atoms. The van der Waals surface area contributed by atoms with Crippen LogP contribution < -0.4 is 4.74 Å². The summed E-state index contributed by atoms with van der Waals surface area (Å²) in [6.07, 6.45) is 3.39. The van der Waals surface area contributed by atoms with Gasteiger partial charge in [0.05, 0.1) is 6.67 Å². The summed E-state index contributed by atoms with van der Waals surface area (Å²) in [7, 11) is 0. The predicted octanol–water partition coefficient (Wildman–Crippen LogP) is 3.18. The van der Waals surface area contributed by atoms with Crippen LogP contribution in [0.2, 0.25) is 0 Å². The van der Waals surface area contributed by atoms with Crippen LogP contribution in [0.3, 0.4) is 0 Å². The normalized spacial score (nSPS) is 15.5. The lowest BCUT2D eigenvalue weighted by molar-refractivity contribution is 0.142. The summed E-state index contributed by atoms with van der Waals surface area (Å²) < 4.78 is 17.4. The SMILES string of the molecule is O=C(Oc1ccc(CCF)cc1)N1CCCCC1. The first kappa shape index (κ1) is 12.9. The van der Waals surface area contributed by atoms with Gasteiger partial charge in [-0.25, -0.2) is 4.79 Å². The third-order valence-corrected chi connectivity index (χ3v) is 3.13.